The number of phenolic OH excluding ortho intramolecular Hbond substituents is 1. The van der Waals surface area contributed by atoms with Gasteiger partial charge in [-0.2, -0.15) is 0 Å². The second-order valence-electron chi connectivity index (χ2n) is 7.74. The number of Topliss-reactive ketones (excluding diaryl/α,β-unsaturated/α-hetero) is 1. The minimum atomic E-state index is -0.890. The lowest BCUT2D eigenvalue weighted by Gasteiger charge is -2.25. The molecule has 33 heavy (non-hydrogen) atoms. The standard InChI is InChI=1S/C25H20N2O6/c28-18-3-1-2-16(12-18)22-21(23(29)17-4-5-19-20(13-17)33-11-10-32-19)24(30)25(31)27(22)14-15-6-8-26-9-7-15/h1-9,12-13,22,28-29H,10-11,14H2/b23-21+/t22-/m0/s1. The third-order valence-corrected chi connectivity index (χ3v) is 5.64. The van der Waals surface area contributed by atoms with Gasteiger partial charge in [0, 0.05) is 24.5 Å². The first-order chi connectivity index (χ1) is 16.0. The van der Waals surface area contributed by atoms with Gasteiger partial charge in [-0.3, -0.25) is 14.6 Å². The van der Waals surface area contributed by atoms with Crippen LogP contribution in [0, 0.1) is 0 Å². The lowest BCUT2D eigenvalue weighted by Crippen LogP contribution is -2.29. The van der Waals surface area contributed by atoms with E-state index in [2.05, 4.69) is 4.98 Å². The first-order valence-electron chi connectivity index (χ1n) is 10.4. The lowest BCUT2D eigenvalue weighted by molar-refractivity contribution is -0.140. The number of benzene rings is 2. The Bertz CT molecular complexity index is 1270. The lowest BCUT2D eigenvalue weighted by atomic mass is 9.95. The first kappa shape index (κ1) is 20.6. The van der Waals surface area contributed by atoms with Gasteiger partial charge in [0.15, 0.2) is 11.5 Å². The summed E-state index contributed by atoms with van der Waals surface area (Å²) in [5.41, 5.74) is 1.54. The minimum absolute atomic E-state index is 0.0127. The van der Waals surface area contributed by atoms with Crippen molar-refractivity contribution < 1.29 is 29.3 Å². The fourth-order valence-corrected chi connectivity index (χ4v) is 4.12. The molecule has 1 amide bonds. The quantitative estimate of drug-likeness (QED) is 0.361. The fraction of sp³-hybridized carbons (Fsp3) is 0.160. The van der Waals surface area contributed by atoms with Crippen molar-refractivity contribution in [3.05, 3.63) is 89.3 Å². The Morgan fingerprint density at radius 1 is 1.00 bits per heavy atom. The minimum Gasteiger partial charge on any atom is -0.508 e. The number of aromatic hydroxyl groups is 1. The van der Waals surface area contributed by atoms with Gasteiger partial charge < -0.3 is 24.6 Å². The van der Waals surface area contributed by atoms with Crippen LogP contribution < -0.4 is 9.47 Å². The number of rotatable bonds is 4. The number of fused-ring (bicyclic) bond motifs is 1. The van der Waals surface area contributed by atoms with Crippen LogP contribution in [-0.2, 0) is 16.1 Å². The topological polar surface area (TPSA) is 109 Å². The number of nitrogens with zero attached hydrogens (tertiary/aromatic N) is 2. The molecule has 0 radical (unpaired) electrons. The normalized spacial score (nSPS) is 19.0. The Morgan fingerprint density at radius 3 is 2.52 bits per heavy atom. The Balaban J connectivity index is 1.64. The van der Waals surface area contributed by atoms with E-state index >= 15 is 0 Å². The highest BCUT2D eigenvalue weighted by atomic mass is 16.6. The molecule has 166 valence electrons. The molecule has 5 rings (SSSR count). The molecule has 2 aromatic carbocycles. The van der Waals surface area contributed by atoms with Crippen molar-refractivity contribution >= 4 is 17.4 Å². The number of carbonyl (C=O) groups is 2. The maximum atomic E-state index is 13.1. The molecular formula is C25H20N2O6. The van der Waals surface area contributed by atoms with Crippen LogP contribution in [-0.4, -0.2) is 45.0 Å². The molecule has 3 aromatic rings. The van der Waals surface area contributed by atoms with E-state index in [4.69, 9.17) is 9.47 Å². The van der Waals surface area contributed by atoms with Crippen molar-refractivity contribution in [1.82, 2.24) is 9.88 Å². The molecule has 2 aliphatic rings. The van der Waals surface area contributed by atoms with Gasteiger partial charge in [-0.25, -0.2) is 0 Å². The average molecular weight is 444 g/mol. The number of phenols is 1. The third-order valence-electron chi connectivity index (χ3n) is 5.64. The number of ketones is 1. The van der Waals surface area contributed by atoms with Crippen LogP contribution in [0.4, 0.5) is 0 Å². The number of pyridine rings is 1. The maximum Gasteiger partial charge on any atom is 0.295 e. The SMILES string of the molecule is O=C1C(=O)N(Cc2ccncc2)[C@@H](c2cccc(O)c2)/C1=C(\O)c1ccc2c(c1)OCCO2. The van der Waals surface area contributed by atoms with Crippen LogP contribution in [0.25, 0.3) is 5.76 Å². The van der Waals surface area contributed by atoms with Gasteiger partial charge in [-0.05, 0) is 53.6 Å². The molecule has 3 heterocycles. The highest BCUT2D eigenvalue weighted by Gasteiger charge is 2.46. The molecule has 2 N–H and O–H groups in total. The zero-order valence-corrected chi connectivity index (χ0v) is 17.5. The van der Waals surface area contributed by atoms with E-state index in [1.54, 1.807) is 54.9 Å². The summed E-state index contributed by atoms with van der Waals surface area (Å²) in [6.07, 6.45) is 3.20. The molecule has 2 aliphatic heterocycles. The van der Waals surface area contributed by atoms with Gasteiger partial charge >= 0.3 is 0 Å². The van der Waals surface area contributed by atoms with Crippen LogP contribution in [0.1, 0.15) is 22.7 Å². The monoisotopic (exact) mass is 444 g/mol. The van der Waals surface area contributed by atoms with Crippen LogP contribution in [0.3, 0.4) is 0 Å². The molecule has 0 bridgehead atoms. The van der Waals surface area contributed by atoms with Crippen molar-refractivity contribution in [2.45, 2.75) is 12.6 Å². The van der Waals surface area contributed by atoms with Gasteiger partial charge in [0.2, 0.25) is 0 Å². The molecule has 0 saturated carbocycles. The van der Waals surface area contributed by atoms with E-state index in [1.807, 2.05) is 0 Å². The van der Waals surface area contributed by atoms with E-state index in [0.29, 0.717) is 35.8 Å². The summed E-state index contributed by atoms with van der Waals surface area (Å²) in [5, 5.41) is 21.3. The zero-order chi connectivity index (χ0) is 22.9. The van der Waals surface area contributed by atoms with Gasteiger partial charge in [0.1, 0.15) is 24.7 Å². The molecule has 0 unspecified atom stereocenters. The van der Waals surface area contributed by atoms with Crippen molar-refractivity contribution in [1.29, 1.82) is 0 Å². The van der Waals surface area contributed by atoms with E-state index < -0.39 is 17.7 Å². The molecule has 1 fully saturated rings. The van der Waals surface area contributed by atoms with Crippen LogP contribution in [0.15, 0.2) is 72.6 Å². The number of amides is 1. The number of ether oxygens (including phenoxy) is 2. The van der Waals surface area contributed by atoms with Crippen LogP contribution in [0.2, 0.25) is 0 Å². The number of aliphatic hydroxyl groups excluding tert-OH is 1. The predicted octanol–water partition coefficient (Wildman–Crippen LogP) is 3.18. The van der Waals surface area contributed by atoms with Gasteiger partial charge in [0.25, 0.3) is 11.7 Å². The van der Waals surface area contributed by atoms with Crippen LogP contribution >= 0.6 is 0 Å². The Labute approximate surface area is 189 Å². The second-order valence-corrected chi connectivity index (χ2v) is 7.74. The fourth-order valence-electron chi connectivity index (χ4n) is 4.12. The van der Waals surface area contributed by atoms with Crippen LogP contribution in [0.5, 0.6) is 17.2 Å². The predicted molar refractivity (Wildman–Crippen MR) is 118 cm³/mol. The number of aliphatic hydroxyl groups is 1. The van der Waals surface area contributed by atoms with Gasteiger partial charge in [0.05, 0.1) is 11.6 Å². The van der Waals surface area contributed by atoms with Gasteiger partial charge in [-0.15, -0.1) is 0 Å². The largest absolute Gasteiger partial charge is 0.508 e. The summed E-state index contributed by atoms with van der Waals surface area (Å²) >= 11 is 0. The molecule has 1 atom stereocenters. The highest BCUT2D eigenvalue weighted by Crippen LogP contribution is 2.42. The molecule has 8 nitrogen and oxygen atoms in total. The molecule has 0 aliphatic carbocycles. The van der Waals surface area contributed by atoms with E-state index in [1.165, 1.54) is 17.0 Å². The number of carbonyl (C=O) groups excluding carboxylic acids is 2. The van der Waals surface area contributed by atoms with Crippen molar-refractivity contribution in [2.24, 2.45) is 0 Å². The maximum absolute atomic E-state index is 13.1. The molecular weight excluding hydrogens is 424 g/mol. The Hall–Kier alpha value is -4.33. The zero-order valence-electron chi connectivity index (χ0n) is 17.5. The highest BCUT2D eigenvalue weighted by molar-refractivity contribution is 6.46. The third kappa shape index (κ3) is 3.76. The average Bonchev–Trinajstić information content (AvgIpc) is 3.09. The Kier molecular flexibility index (Phi) is 5.18. The van der Waals surface area contributed by atoms with Gasteiger partial charge in [-0.1, -0.05) is 12.1 Å². The Morgan fingerprint density at radius 2 is 1.76 bits per heavy atom. The number of hydrogen-bond donors (Lipinski definition) is 2. The van der Waals surface area contributed by atoms with Crippen molar-refractivity contribution in [2.75, 3.05) is 13.2 Å². The number of likely N-dealkylation sites (tertiary alicyclic amines) is 1. The first-order valence-corrected chi connectivity index (χ1v) is 10.4. The summed E-state index contributed by atoms with van der Waals surface area (Å²) in [4.78, 5) is 31.6. The molecule has 1 aromatic heterocycles. The van der Waals surface area contributed by atoms with Crippen molar-refractivity contribution in [3.63, 3.8) is 0 Å². The molecule has 0 spiro atoms. The number of hydrogen-bond acceptors (Lipinski definition) is 7. The number of aromatic nitrogens is 1. The smallest absolute Gasteiger partial charge is 0.295 e. The summed E-state index contributed by atoms with van der Waals surface area (Å²) in [6.45, 7) is 0.929. The summed E-state index contributed by atoms with van der Waals surface area (Å²) < 4.78 is 11.1. The van der Waals surface area contributed by atoms with E-state index in [0.717, 1.165) is 5.56 Å². The summed E-state index contributed by atoms with van der Waals surface area (Å²) in [6, 6.07) is 13.8. The summed E-state index contributed by atoms with van der Waals surface area (Å²) in [5.74, 6) is -0.882. The second kappa shape index (κ2) is 8.31. The van der Waals surface area contributed by atoms with Crippen molar-refractivity contribution in [3.8, 4) is 17.2 Å². The molecule has 1 saturated heterocycles. The summed E-state index contributed by atoms with van der Waals surface area (Å²) in [7, 11) is 0. The van der Waals surface area contributed by atoms with E-state index in [9.17, 15) is 19.8 Å². The molecule has 8 heteroatoms. The van der Waals surface area contributed by atoms with E-state index in [-0.39, 0.29) is 23.6 Å².